The van der Waals surface area contributed by atoms with Crippen molar-refractivity contribution in [3.05, 3.63) is 58.7 Å². The molecule has 0 aliphatic heterocycles. The summed E-state index contributed by atoms with van der Waals surface area (Å²) >= 11 is 0. The van der Waals surface area contributed by atoms with Crippen LogP contribution in [-0.4, -0.2) is 7.05 Å². The fourth-order valence-corrected chi connectivity index (χ4v) is 2.72. The molecule has 0 aliphatic rings. The van der Waals surface area contributed by atoms with Crippen molar-refractivity contribution < 1.29 is 0 Å². The van der Waals surface area contributed by atoms with Gasteiger partial charge in [-0.2, -0.15) is 0 Å². The highest BCUT2D eigenvalue weighted by molar-refractivity contribution is 5.69. The van der Waals surface area contributed by atoms with Gasteiger partial charge in [0.05, 0.1) is 0 Å². The zero-order chi connectivity index (χ0) is 14.0. The second-order valence-electron chi connectivity index (χ2n) is 5.18. The molecule has 0 aromatic heterocycles. The maximum atomic E-state index is 5.72. The van der Waals surface area contributed by atoms with Gasteiger partial charge in [0, 0.05) is 25.0 Å². The molecule has 2 nitrogen and oxygen atoms in total. The number of nitrogens with zero attached hydrogens (tertiary/aromatic N) is 1. The highest BCUT2D eigenvalue weighted by Crippen LogP contribution is 2.31. The largest absolute Gasteiger partial charge is 0.344 e. The Kier molecular flexibility index (Phi) is 3.91. The number of hydrogen-bond acceptors (Lipinski definition) is 2. The van der Waals surface area contributed by atoms with Crippen molar-refractivity contribution in [1.29, 1.82) is 0 Å². The first-order chi connectivity index (χ1) is 9.02. The fourth-order valence-electron chi connectivity index (χ4n) is 2.72. The average Bonchev–Trinajstić information content (AvgIpc) is 2.37. The number of benzene rings is 2. The third-order valence-corrected chi connectivity index (χ3v) is 3.50. The van der Waals surface area contributed by atoms with E-state index in [2.05, 4.69) is 69.1 Å². The van der Waals surface area contributed by atoms with Gasteiger partial charge in [0.15, 0.2) is 0 Å². The zero-order valence-electron chi connectivity index (χ0n) is 12.2. The number of anilines is 2. The number of rotatable bonds is 3. The van der Waals surface area contributed by atoms with Crippen LogP contribution in [0.25, 0.3) is 0 Å². The van der Waals surface area contributed by atoms with Gasteiger partial charge in [-0.25, -0.2) is 0 Å². The summed E-state index contributed by atoms with van der Waals surface area (Å²) in [5.41, 5.74) is 13.2. The molecule has 0 heterocycles. The van der Waals surface area contributed by atoms with Crippen molar-refractivity contribution in [1.82, 2.24) is 0 Å². The standard InChI is InChI=1S/C17H22N2/c1-12-8-13(2)17(14(3)9-12)19(4)16-7-5-6-15(10-16)11-18/h5-10H,11,18H2,1-4H3. The SMILES string of the molecule is Cc1cc(C)c(N(C)c2cccc(CN)c2)c(C)c1. The summed E-state index contributed by atoms with van der Waals surface area (Å²) in [6.45, 7) is 7.05. The van der Waals surface area contributed by atoms with Crippen molar-refractivity contribution in [2.75, 3.05) is 11.9 Å². The van der Waals surface area contributed by atoms with Gasteiger partial charge in [0.25, 0.3) is 0 Å². The highest BCUT2D eigenvalue weighted by Gasteiger charge is 2.10. The minimum absolute atomic E-state index is 0.577. The lowest BCUT2D eigenvalue weighted by molar-refractivity contribution is 1.06. The van der Waals surface area contributed by atoms with Gasteiger partial charge in [-0.1, -0.05) is 29.8 Å². The lowest BCUT2D eigenvalue weighted by Gasteiger charge is -2.24. The Bertz CT molecular complexity index is 565. The second kappa shape index (κ2) is 5.45. The molecule has 0 saturated carbocycles. The molecule has 0 unspecified atom stereocenters. The van der Waals surface area contributed by atoms with Crippen LogP contribution in [0.2, 0.25) is 0 Å². The van der Waals surface area contributed by atoms with E-state index in [-0.39, 0.29) is 0 Å². The molecule has 2 aromatic rings. The molecule has 2 N–H and O–H groups in total. The number of hydrogen-bond donors (Lipinski definition) is 1. The maximum Gasteiger partial charge on any atom is 0.0467 e. The van der Waals surface area contributed by atoms with Crippen molar-refractivity contribution >= 4 is 11.4 Å². The molecule has 0 aliphatic carbocycles. The van der Waals surface area contributed by atoms with Gasteiger partial charge in [-0.3, -0.25) is 0 Å². The molecule has 0 fully saturated rings. The van der Waals surface area contributed by atoms with E-state index in [0.717, 1.165) is 5.56 Å². The molecule has 0 spiro atoms. The van der Waals surface area contributed by atoms with Gasteiger partial charge in [-0.15, -0.1) is 0 Å². The Morgan fingerprint density at radius 3 is 2.21 bits per heavy atom. The van der Waals surface area contributed by atoms with Crippen LogP contribution >= 0.6 is 0 Å². The summed E-state index contributed by atoms with van der Waals surface area (Å²) in [5, 5.41) is 0. The molecule has 0 atom stereocenters. The van der Waals surface area contributed by atoms with Crippen molar-refractivity contribution in [3.8, 4) is 0 Å². The number of nitrogens with two attached hydrogens (primary N) is 1. The Morgan fingerprint density at radius 1 is 1.00 bits per heavy atom. The van der Waals surface area contributed by atoms with Crippen LogP contribution in [0, 0.1) is 20.8 Å². The minimum Gasteiger partial charge on any atom is -0.344 e. The fraction of sp³-hybridized carbons (Fsp3) is 0.294. The van der Waals surface area contributed by atoms with Crippen LogP contribution in [0.1, 0.15) is 22.3 Å². The lowest BCUT2D eigenvalue weighted by Crippen LogP contribution is -2.13. The van der Waals surface area contributed by atoms with Crippen LogP contribution in [0.3, 0.4) is 0 Å². The molecule has 0 bridgehead atoms. The third-order valence-electron chi connectivity index (χ3n) is 3.50. The summed E-state index contributed by atoms with van der Waals surface area (Å²) in [7, 11) is 2.11. The first-order valence-electron chi connectivity index (χ1n) is 6.63. The highest BCUT2D eigenvalue weighted by atomic mass is 15.1. The predicted octanol–water partition coefficient (Wildman–Crippen LogP) is 3.84. The minimum atomic E-state index is 0.577. The van der Waals surface area contributed by atoms with Gasteiger partial charge in [0.2, 0.25) is 0 Å². The molecule has 0 amide bonds. The third kappa shape index (κ3) is 2.79. The lowest BCUT2D eigenvalue weighted by atomic mass is 10.0. The van der Waals surface area contributed by atoms with Crippen molar-refractivity contribution in [2.24, 2.45) is 5.73 Å². The van der Waals surface area contributed by atoms with E-state index in [0.29, 0.717) is 6.54 Å². The van der Waals surface area contributed by atoms with Crippen LogP contribution in [0.4, 0.5) is 11.4 Å². The van der Waals surface area contributed by atoms with Gasteiger partial charge >= 0.3 is 0 Å². The molecular weight excluding hydrogens is 232 g/mol. The average molecular weight is 254 g/mol. The van der Waals surface area contributed by atoms with Gasteiger partial charge < -0.3 is 10.6 Å². The first kappa shape index (κ1) is 13.6. The molecule has 0 radical (unpaired) electrons. The molecule has 19 heavy (non-hydrogen) atoms. The van der Waals surface area contributed by atoms with E-state index in [4.69, 9.17) is 5.73 Å². The molecule has 2 heteroatoms. The Hall–Kier alpha value is -1.80. The van der Waals surface area contributed by atoms with Crippen LogP contribution in [0.15, 0.2) is 36.4 Å². The molecule has 2 rings (SSSR count). The van der Waals surface area contributed by atoms with Crippen molar-refractivity contribution in [2.45, 2.75) is 27.3 Å². The van der Waals surface area contributed by atoms with E-state index in [1.165, 1.54) is 28.1 Å². The van der Waals surface area contributed by atoms with E-state index in [1.807, 2.05) is 0 Å². The molecule has 2 aromatic carbocycles. The summed E-state index contributed by atoms with van der Waals surface area (Å²) in [5.74, 6) is 0. The normalized spacial score (nSPS) is 10.6. The Balaban J connectivity index is 2.46. The zero-order valence-corrected chi connectivity index (χ0v) is 12.2. The van der Waals surface area contributed by atoms with Crippen LogP contribution in [-0.2, 0) is 6.54 Å². The molecule has 0 saturated heterocycles. The second-order valence-corrected chi connectivity index (χ2v) is 5.18. The topological polar surface area (TPSA) is 29.3 Å². The van der Waals surface area contributed by atoms with E-state index in [1.54, 1.807) is 0 Å². The molecular formula is C17H22N2. The summed E-state index contributed by atoms with van der Waals surface area (Å²) < 4.78 is 0. The van der Waals surface area contributed by atoms with E-state index >= 15 is 0 Å². The van der Waals surface area contributed by atoms with E-state index in [9.17, 15) is 0 Å². The summed E-state index contributed by atoms with van der Waals surface area (Å²) in [6, 6.07) is 12.9. The molecule has 100 valence electrons. The predicted molar refractivity (Wildman–Crippen MR) is 83.0 cm³/mol. The quantitative estimate of drug-likeness (QED) is 0.901. The Morgan fingerprint density at radius 2 is 1.63 bits per heavy atom. The van der Waals surface area contributed by atoms with Crippen LogP contribution < -0.4 is 10.6 Å². The summed E-state index contributed by atoms with van der Waals surface area (Å²) in [6.07, 6.45) is 0. The smallest absolute Gasteiger partial charge is 0.0467 e. The van der Waals surface area contributed by atoms with Crippen LogP contribution in [0.5, 0.6) is 0 Å². The Labute approximate surface area is 115 Å². The van der Waals surface area contributed by atoms with Gasteiger partial charge in [0.1, 0.15) is 0 Å². The van der Waals surface area contributed by atoms with E-state index < -0.39 is 0 Å². The summed E-state index contributed by atoms with van der Waals surface area (Å²) in [4.78, 5) is 2.24. The van der Waals surface area contributed by atoms with Crippen molar-refractivity contribution in [3.63, 3.8) is 0 Å². The first-order valence-corrected chi connectivity index (χ1v) is 6.63. The maximum absolute atomic E-state index is 5.72. The monoisotopic (exact) mass is 254 g/mol. The van der Waals surface area contributed by atoms with Gasteiger partial charge in [-0.05, 0) is 49.6 Å². The number of aryl methyl sites for hydroxylation is 3.